The topological polar surface area (TPSA) is 96.5 Å². The van der Waals surface area contributed by atoms with Gasteiger partial charge in [0, 0.05) is 43.2 Å². The predicted molar refractivity (Wildman–Crippen MR) is 123 cm³/mol. The second-order valence-corrected chi connectivity index (χ2v) is 7.53. The van der Waals surface area contributed by atoms with Gasteiger partial charge in [0.05, 0.1) is 18.4 Å². The van der Waals surface area contributed by atoms with Crippen molar-refractivity contribution in [3.63, 3.8) is 0 Å². The quantitative estimate of drug-likeness (QED) is 0.619. The minimum Gasteiger partial charge on any atom is -0.497 e. The average molecular weight is 431 g/mol. The van der Waals surface area contributed by atoms with Gasteiger partial charge in [-0.15, -0.1) is 0 Å². The van der Waals surface area contributed by atoms with Crippen LogP contribution in [0.25, 0.3) is 0 Å². The lowest BCUT2D eigenvalue weighted by molar-refractivity contribution is -0.120. The van der Waals surface area contributed by atoms with Gasteiger partial charge in [-0.05, 0) is 43.2 Å². The van der Waals surface area contributed by atoms with Crippen molar-refractivity contribution in [1.82, 2.24) is 9.97 Å². The van der Waals surface area contributed by atoms with Crippen LogP contribution in [0.1, 0.15) is 23.2 Å². The smallest absolute Gasteiger partial charge is 0.257 e. The third-order valence-corrected chi connectivity index (χ3v) is 5.46. The molecule has 32 heavy (non-hydrogen) atoms. The minimum atomic E-state index is -0.301. The summed E-state index contributed by atoms with van der Waals surface area (Å²) in [6.07, 6.45) is 4.83. The first-order chi connectivity index (χ1) is 15.6. The second kappa shape index (κ2) is 9.91. The van der Waals surface area contributed by atoms with Crippen LogP contribution in [0.3, 0.4) is 0 Å². The fraction of sp³-hybridized carbons (Fsp3) is 0.250. The molecule has 0 bridgehead atoms. The van der Waals surface area contributed by atoms with Crippen molar-refractivity contribution in [2.24, 2.45) is 5.92 Å². The van der Waals surface area contributed by atoms with Crippen LogP contribution in [-0.2, 0) is 4.79 Å². The Labute approximate surface area is 186 Å². The molecule has 0 saturated carbocycles. The lowest BCUT2D eigenvalue weighted by Gasteiger charge is -2.31. The number of nitrogens with one attached hydrogen (secondary N) is 2. The summed E-state index contributed by atoms with van der Waals surface area (Å²) >= 11 is 0. The summed E-state index contributed by atoms with van der Waals surface area (Å²) in [4.78, 5) is 36.4. The van der Waals surface area contributed by atoms with E-state index in [4.69, 9.17) is 4.74 Å². The number of methoxy groups -OCH3 is 1. The highest BCUT2D eigenvalue weighted by Crippen LogP contribution is 2.24. The molecule has 1 aromatic heterocycles. The molecule has 2 heterocycles. The van der Waals surface area contributed by atoms with E-state index in [0.717, 1.165) is 0 Å². The Morgan fingerprint density at radius 1 is 0.969 bits per heavy atom. The van der Waals surface area contributed by atoms with Gasteiger partial charge in [0.2, 0.25) is 11.9 Å². The Kier molecular flexibility index (Phi) is 6.60. The summed E-state index contributed by atoms with van der Waals surface area (Å²) in [5.74, 6) is 0.817. The SMILES string of the molecule is COc1cccc(NC(=O)c2ccccc2NC(=O)C2CCN(c3ncccn3)CC2)c1. The molecule has 2 aromatic carbocycles. The number of para-hydroxylation sites is 1. The highest BCUT2D eigenvalue weighted by atomic mass is 16.5. The van der Waals surface area contributed by atoms with Crippen molar-refractivity contribution >= 4 is 29.1 Å². The molecule has 0 aliphatic carbocycles. The number of anilines is 3. The summed E-state index contributed by atoms with van der Waals surface area (Å²) in [5.41, 5.74) is 1.51. The van der Waals surface area contributed by atoms with E-state index in [2.05, 4.69) is 25.5 Å². The van der Waals surface area contributed by atoms with Crippen LogP contribution in [0.2, 0.25) is 0 Å². The molecule has 1 aliphatic rings. The lowest BCUT2D eigenvalue weighted by atomic mass is 9.96. The number of rotatable bonds is 6. The van der Waals surface area contributed by atoms with Gasteiger partial charge in [-0.1, -0.05) is 18.2 Å². The molecular weight excluding hydrogens is 406 g/mol. The summed E-state index contributed by atoms with van der Waals surface area (Å²) in [6.45, 7) is 1.42. The number of amides is 2. The average Bonchev–Trinajstić information content (AvgIpc) is 2.85. The first-order valence-corrected chi connectivity index (χ1v) is 10.5. The van der Waals surface area contributed by atoms with Gasteiger partial charge in [-0.3, -0.25) is 9.59 Å². The third kappa shape index (κ3) is 5.03. The Hall–Kier alpha value is -3.94. The molecule has 2 N–H and O–H groups in total. The van der Waals surface area contributed by atoms with Crippen LogP contribution in [-0.4, -0.2) is 42.0 Å². The van der Waals surface area contributed by atoms with Gasteiger partial charge in [-0.2, -0.15) is 0 Å². The van der Waals surface area contributed by atoms with Gasteiger partial charge in [0.15, 0.2) is 0 Å². The monoisotopic (exact) mass is 431 g/mol. The van der Waals surface area contributed by atoms with E-state index in [1.807, 2.05) is 0 Å². The molecule has 8 nitrogen and oxygen atoms in total. The van der Waals surface area contributed by atoms with Crippen molar-refractivity contribution in [1.29, 1.82) is 0 Å². The largest absolute Gasteiger partial charge is 0.497 e. The first kappa shape index (κ1) is 21.3. The zero-order valence-corrected chi connectivity index (χ0v) is 17.8. The highest BCUT2D eigenvalue weighted by Gasteiger charge is 2.27. The van der Waals surface area contributed by atoms with Gasteiger partial charge in [-0.25, -0.2) is 9.97 Å². The minimum absolute atomic E-state index is 0.0831. The number of hydrogen-bond donors (Lipinski definition) is 2. The molecule has 0 atom stereocenters. The van der Waals surface area contributed by atoms with Crippen LogP contribution in [0.4, 0.5) is 17.3 Å². The zero-order valence-electron chi connectivity index (χ0n) is 17.8. The maximum atomic E-state index is 12.9. The van der Waals surface area contributed by atoms with Crippen molar-refractivity contribution in [3.05, 3.63) is 72.6 Å². The van der Waals surface area contributed by atoms with Gasteiger partial charge in [0.1, 0.15) is 5.75 Å². The first-order valence-electron chi connectivity index (χ1n) is 10.5. The molecule has 1 saturated heterocycles. The summed E-state index contributed by atoms with van der Waals surface area (Å²) in [5, 5.41) is 5.81. The standard InChI is InChI=1S/C24H25N5O3/c1-32-19-7-4-6-18(16-19)27-23(31)20-8-2-3-9-21(20)28-22(30)17-10-14-29(15-11-17)24-25-12-5-13-26-24/h2-9,12-13,16-17H,10-11,14-15H2,1H3,(H,27,31)(H,28,30). The lowest BCUT2D eigenvalue weighted by Crippen LogP contribution is -2.39. The normalized spacial score (nSPS) is 14.0. The van der Waals surface area contributed by atoms with E-state index in [0.29, 0.717) is 54.6 Å². The number of hydrogen-bond acceptors (Lipinski definition) is 6. The van der Waals surface area contributed by atoms with Gasteiger partial charge < -0.3 is 20.3 Å². The molecule has 164 valence electrons. The molecular formula is C24H25N5O3. The fourth-order valence-electron chi connectivity index (χ4n) is 3.72. The second-order valence-electron chi connectivity index (χ2n) is 7.53. The Morgan fingerprint density at radius 3 is 2.47 bits per heavy atom. The van der Waals surface area contributed by atoms with E-state index in [9.17, 15) is 9.59 Å². The maximum Gasteiger partial charge on any atom is 0.257 e. The van der Waals surface area contributed by atoms with Crippen molar-refractivity contribution in [3.8, 4) is 5.75 Å². The molecule has 0 spiro atoms. The highest BCUT2D eigenvalue weighted by molar-refractivity contribution is 6.10. The van der Waals surface area contributed by atoms with Crippen LogP contribution < -0.4 is 20.3 Å². The van der Waals surface area contributed by atoms with Crippen molar-refractivity contribution in [2.75, 3.05) is 35.7 Å². The van der Waals surface area contributed by atoms with Crippen LogP contribution >= 0.6 is 0 Å². The molecule has 1 aliphatic heterocycles. The maximum absolute atomic E-state index is 12.9. The van der Waals surface area contributed by atoms with Gasteiger partial charge >= 0.3 is 0 Å². The van der Waals surface area contributed by atoms with Crippen LogP contribution in [0.5, 0.6) is 5.75 Å². The number of carbonyl (C=O) groups excluding carboxylic acids is 2. The number of ether oxygens (including phenoxy) is 1. The number of nitrogens with zero attached hydrogens (tertiary/aromatic N) is 3. The molecule has 4 rings (SSSR count). The fourth-order valence-corrected chi connectivity index (χ4v) is 3.72. The van der Waals surface area contributed by atoms with Crippen molar-refractivity contribution in [2.45, 2.75) is 12.8 Å². The Bertz CT molecular complexity index is 1080. The molecule has 1 fully saturated rings. The summed E-state index contributed by atoms with van der Waals surface area (Å²) in [6, 6.07) is 15.9. The van der Waals surface area contributed by atoms with Crippen LogP contribution in [0, 0.1) is 5.92 Å². The molecule has 0 unspecified atom stereocenters. The van der Waals surface area contributed by atoms with Crippen molar-refractivity contribution < 1.29 is 14.3 Å². The van der Waals surface area contributed by atoms with E-state index in [1.165, 1.54) is 0 Å². The number of carbonyl (C=O) groups is 2. The van der Waals surface area contributed by atoms with E-state index in [1.54, 1.807) is 74.1 Å². The zero-order chi connectivity index (χ0) is 22.3. The number of benzene rings is 2. The molecule has 3 aromatic rings. The van der Waals surface area contributed by atoms with E-state index in [-0.39, 0.29) is 17.7 Å². The van der Waals surface area contributed by atoms with Gasteiger partial charge in [0.25, 0.3) is 5.91 Å². The molecule has 8 heteroatoms. The third-order valence-electron chi connectivity index (χ3n) is 5.46. The van der Waals surface area contributed by atoms with E-state index >= 15 is 0 Å². The van der Waals surface area contributed by atoms with Crippen LogP contribution in [0.15, 0.2) is 67.0 Å². The molecule has 0 radical (unpaired) electrons. The molecule has 2 amide bonds. The summed E-state index contributed by atoms with van der Waals surface area (Å²) in [7, 11) is 1.57. The van der Waals surface area contributed by atoms with E-state index < -0.39 is 0 Å². The Morgan fingerprint density at radius 2 is 1.72 bits per heavy atom. The number of aromatic nitrogens is 2. The Balaban J connectivity index is 1.39. The predicted octanol–water partition coefficient (Wildman–Crippen LogP) is 3.59. The summed E-state index contributed by atoms with van der Waals surface area (Å²) < 4.78 is 5.20. The number of piperidine rings is 1.